The minimum Gasteiger partial charge on any atom is -0.489 e. The molecule has 0 amide bonds. The highest BCUT2D eigenvalue weighted by molar-refractivity contribution is 5.73. The molecule has 8 nitrogen and oxygen atoms in total. The smallest absolute Gasteiger partial charge is 0.411 e. The minimum absolute atomic E-state index is 0.0357. The largest absolute Gasteiger partial charge is 0.489 e. The van der Waals surface area contributed by atoms with Crippen LogP contribution in [0.5, 0.6) is 11.5 Å². The molecule has 0 radical (unpaired) electrons. The minimum atomic E-state index is -5.86. The van der Waals surface area contributed by atoms with Gasteiger partial charge in [-0.3, -0.25) is 0 Å². The van der Waals surface area contributed by atoms with Gasteiger partial charge in [-0.1, -0.05) is 54.6 Å². The van der Waals surface area contributed by atoms with Crippen molar-refractivity contribution in [3.05, 3.63) is 95.6 Å². The van der Waals surface area contributed by atoms with Crippen molar-refractivity contribution in [1.29, 1.82) is 0 Å². The maximum absolute atomic E-state index is 14.5. The first-order valence-corrected chi connectivity index (χ1v) is 12.3. The molecule has 14 heteroatoms. The highest BCUT2D eigenvalue weighted by atomic mass is 19.4. The van der Waals surface area contributed by atoms with Gasteiger partial charge in [-0.25, -0.2) is 4.79 Å². The zero-order chi connectivity index (χ0) is 30.9. The molecule has 3 aromatic carbocycles. The van der Waals surface area contributed by atoms with E-state index in [2.05, 4.69) is 0 Å². The van der Waals surface area contributed by atoms with Gasteiger partial charge < -0.3 is 34.6 Å². The summed E-state index contributed by atoms with van der Waals surface area (Å²) >= 11 is 0. The lowest BCUT2D eigenvalue weighted by atomic mass is 9.73. The number of hydrogen-bond donors (Lipinski definition) is 4. The summed E-state index contributed by atoms with van der Waals surface area (Å²) < 4.78 is 103. The lowest BCUT2D eigenvalue weighted by Crippen LogP contribution is -2.61. The highest BCUT2D eigenvalue weighted by Gasteiger charge is 2.72. The fraction of sp³-hybridized carbons (Fsp3) is 0.321. The predicted octanol–water partition coefficient (Wildman–Crippen LogP) is 3.95. The normalized spacial score (nSPS) is 23.3. The van der Waals surface area contributed by atoms with E-state index in [1.807, 2.05) is 0 Å². The molecule has 0 aliphatic carbocycles. The summed E-state index contributed by atoms with van der Waals surface area (Å²) in [5.74, 6) is -2.09. The molecule has 4 N–H and O–H groups in total. The molecule has 1 saturated heterocycles. The van der Waals surface area contributed by atoms with Gasteiger partial charge >= 0.3 is 18.3 Å². The summed E-state index contributed by atoms with van der Waals surface area (Å²) in [6.45, 7) is 0.0357. The molecular formula is C28H24F6O8. The van der Waals surface area contributed by atoms with Gasteiger partial charge in [0.2, 0.25) is 11.7 Å². The van der Waals surface area contributed by atoms with Crippen molar-refractivity contribution < 1.29 is 65.8 Å². The SMILES string of the molecule is O=C(O)[C@H]1O[C@@H](Oc2ccc(C(c3ccc(OCc4ccccc4)cc3)(C(F)(F)F)C(F)(F)F)cc2)[C@H](O)[C@@H](O)[C@@H]1O. The number of carboxylic acids is 1. The molecule has 1 heterocycles. The van der Waals surface area contributed by atoms with Crippen LogP contribution < -0.4 is 9.47 Å². The van der Waals surface area contributed by atoms with Crippen molar-refractivity contribution in [3.8, 4) is 11.5 Å². The number of aliphatic hydroxyl groups is 3. The van der Waals surface area contributed by atoms with Crippen LogP contribution in [0.25, 0.3) is 0 Å². The fourth-order valence-electron chi connectivity index (χ4n) is 4.59. The lowest BCUT2D eigenvalue weighted by Gasteiger charge is -2.39. The van der Waals surface area contributed by atoms with Crippen LogP contribution in [0.3, 0.4) is 0 Å². The van der Waals surface area contributed by atoms with Crippen molar-refractivity contribution in [2.45, 2.75) is 55.1 Å². The van der Waals surface area contributed by atoms with Gasteiger partial charge in [0.1, 0.15) is 36.4 Å². The monoisotopic (exact) mass is 602 g/mol. The van der Waals surface area contributed by atoms with Crippen LogP contribution in [0.4, 0.5) is 26.3 Å². The Morgan fingerprint density at radius 3 is 1.69 bits per heavy atom. The van der Waals surface area contributed by atoms with E-state index < -0.39 is 71.3 Å². The summed E-state index contributed by atoms with van der Waals surface area (Å²) in [6, 6.07) is 14.6. The van der Waals surface area contributed by atoms with Gasteiger partial charge in [0.15, 0.2) is 6.10 Å². The highest BCUT2D eigenvalue weighted by Crippen LogP contribution is 2.56. The van der Waals surface area contributed by atoms with Gasteiger partial charge in [0, 0.05) is 0 Å². The first kappa shape index (κ1) is 31.1. The van der Waals surface area contributed by atoms with Crippen LogP contribution in [0.1, 0.15) is 16.7 Å². The van der Waals surface area contributed by atoms with E-state index in [-0.39, 0.29) is 12.4 Å². The Bertz CT molecular complexity index is 1330. The molecule has 5 atom stereocenters. The maximum atomic E-state index is 14.5. The van der Waals surface area contributed by atoms with Gasteiger partial charge in [-0.2, -0.15) is 26.3 Å². The number of hydrogen-bond acceptors (Lipinski definition) is 7. The van der Waals surface area contributed by atoms with Crippen LogP contribution in [-0.4, -0.2) is 69.5 Å². The number of carboxylic acid groups (broad SMARTS) is 1. The molecule has 0 saturated carbocycles. The van der Waals surface area contributed by atoms with Crippen LogP contribution in [0, 0.1) is 0 Å². The molecule has 42 heavy (non-hydrogen) atoms. The molecule has 1 fully saturated rings. The number of benzene rings is 3. The number of aliphatic carboxylic acids is 1. The summed E-state index contributed by atoms with van der Waals surface area (Å²) in [4.78, 5) is 11.3. The molecule has 3 aromatic rings. The Kier molecular flexibility index (Phi) is 8.73. The van der Waals surface area contributed by atoms with E-state index in [9.17, 15) is 46.5 Å². The van der Waals surface area contributed by atoms with Crippen LogP contribution >= 0.6 is 0 Å². The molecule has 0 unspecified atom stereocenters. The van der Waals surface area contributed by atoms with Crippen molar-refractivity contribution in [3.63, 3.8) is 0 Å². The molecule has 1 aliphatic rings. The average Bonchev–Trinajstić information content (AvgIpc) is 2.93. The van der Waals surface area contributed by atoms with Crippen molar-refractivity contribution >= 4 is 5.97 Å². The number of aliphatic hydroxyl groups excluding tert-OH is 3. The first-order chi connectivity index (χ1) is 19.7. The number of halogens is 6. The molecule has 1 aliphatic heterocycles. The van der Waals surface area contributed by atoms with Gasteiger partial charge in [-0.05, 0) is 41.0 Å². The summed E-state index contributed by atoms with van der Waals surface area (Å²) in [6.07, 6.45) is -21.7. The van der Waals surface area contributed by atoms with Gasteiger partial charge in [0.05, 0.1) is 0 Å². The Morgan fingerprint density at radius 2 is 1.21 bits per heavy atom. The number of alkyl halides is 6. The second-order valence-electron chi connectivity index (χ2n) is 9.42. The average molecular weight is 602 g/mol. The first-order valence-electron chi connectivity index (χ1n) is 12.3. The molecule has 0 aromatic heterocycles. The van der Waals surface area contributed by atoms with E-state index in [0.717, 1.165) is 29.8 Å². The number of carbonyl (C=O) groups is 1. The van der Waals surface area contributed by atoms with Crippen LogP contribution in [-0.2, 0) is 21.6 Å². The molecule has 226 valence electrons. The van der Waals surface area contributed by atoms with Crippen LogP contribution in [0.2, 0.25) is 0 Å². The van der Waals surface area contributed by atoms with E-state index in [0.29, 0.717) is 24.3 Å². The standard InChI is InChI=1S/C28H24F6O8/c29-27(30,31)26(28(32,33)34,16-6-10-18(11-7-16)40-14-15-4-2-1-3-5-15)17-8-12-19(13-9-17)41-25-22(37)20(35)21(36)23(42-25)24(38)39/h1-13,20-23,25,35-37H,14H2,(H,38,39)/t20-,21-,22+,23-,25+/m0/s1. The Balaban J connectivity index is 1.64. The molecular weight excluding hydrogens is 578 g/mol. The van der Waals surface area contributed by atoms with Gasteiger partial charge in [-0.15, -0.1) is 0 Å². The van der Waals surface area contributed by atoms with Crippen molar-refractivity contribution in [2.75, 3.05) is 0 Å². The van der Waals surface area contributed by atoms with Crippen molar-refractivity contribution in [2.24, 2.45) is 0 Å². The Hall–Kier alpha value is -3.85. The van der Waals surface area contributed by atoms with E-state index in [1.165, 1.54) is 0 Å². The molecule has 4 rings (SSSR count). The summed E-state index contributed by atoms with van der Waals surface area (Å²) in [5.41, 5.74) is -6.07. The summed E-state index contributed by atoms with van der Waals surface area (Å²) in [7, 11) is 0. The quantitative estimate of drug-likeness (QED) is 0.286. The van der Waals surface area contributed by atoms with E-state index in [1.54, 1.807) is 30.3 Å². The number of ether oxygens (including phenoxy) is 3. The topological polar surface area (TPSA) is 126 Å². The second-order valence-corrected chi connectivity index (χ2v) is 9.42. The fourth-order valence-corrected chi connectivity index (χ4v) is 4.59. The predicted molar refractivity (Wildman–Crippen MR) is 131 cm³/mol. The zero-order valence-electron chi connectivity index (χ0n) is 21.3. The van der Waals surface area contributed by atoms with Crippen LogP contribution in [0.15, 0.2) is 78.9 Å². The van der Waals surface area contributed by atoms with E-state index in [4.69, 9.17) is 19.3 Å². The third-order valence-corrected chi connectivity index (χ3v) is 6.74. The zero-order valence-corrected chi connectivity index (χ0v) is 21.3. The van der Waals surface area contributed by atoms with E-state index >= 15 is 0 Å². The summed E-state index contributed by atoms with van der Waals surface area (Å²) in [5, 5.41) is 38.9. The van der Waals surface area contributed by atoms with Gasteiger partial charge in [0.25, 0.3) is 0 Å². The lowest BCUT2D eigenvalue weighted by molar-refractivity contribution is -0.288. The maximum Gasteiger partial charge on any atom is 0.411 e. The molecule has 0 bridgehead atoms. The third kappa shape index (κ3) is 5.88. The Labute approximate surface area is 234 Å². The second kappa shape index (κ2) is 11.8. The Morgan fingerprint density at radius 1 is 0.714 bits per heavy atom. The third-order valence-electron chi connectivity index (χ3n) is 6.74. The van der Waals surface area contributed by atoms with Crippen molar-refractivity contribution in [1.82, 2.24) is 0 Å². The number of rotatable bonds is 8. The molecule has 0 spiro atoms.